The highest BCUT2D eigenvalue weighted by Gasteiger charge is 2.29. The summed E-state index contributed by atoms with van der Waals surface area (Å²) < 4.78 is 0. The van der Waals surface area contributed by atoms with Crippen molar-refractivity contribution in [3.63, 3.8) is 0 Å². The Morgan fingerprint density at radius 1 is 1.53 bits per heavy atom. The zero-order valence-electron chi connectivity index (χ0n) is 10.4. The van der Waals surface area contributed by atoms with Gasteiger partial charge in [-0.2, -0.15) is 0 Å². The third-order valence-electron chi connectivity index (χ3n) is 3.45. The van der Waals surface area contributed by atoms with E-state index in [-0.39, 0.29) is 17.1 Å². The van der Waals surface area contributed by atoms with E-state index in [9.17, 15) is 4.79 Å². The van der Waals surface area contributed by atoms with Crippen molar-refractivity contribution in [1.29, 1.82) is 0 Å². The Hall–Kier alpha value is -0.850. The number of allylic oxidation sites excluding steroid dienone is 3. The zero-order chi connectivity index (χ0) is 11.6. The van der Waals surface area contributed by atoms with Crippen LogP contribution in [0.5, 0.6) is 0 Å². The van der Waals surface area contributed by atoms with E-state index in [0.717, 1.165) is 6.42 Å². The summed E-state index contributed by atoms with van der Waals surface area (Å²) in [5, 5.41) is 0. The maximum absolute atomic E-state index is 11.3. The van der Waals surface area contributed by atoms with Gasteiger partial charge in [-0.25, -0.2) is 0 Å². The SMILES string of the molecule is C=C1CCCC(C)(C)/C1=C/C(C)C(C)=O. The Balaban J connectivity index is 2.97. The van der Waals surface area contributed by atoms with Crippen molar-refractivity contribution in [3.8, 4) is 0 Å². The highest BCUT2D eigenvalue weighted by molar-refractivity contribution is 5.80. The standard InChI is InChI=1S/C14H22O/c1-10-7-6-8-14(4,5)13(10)9-11(2)12(3)15/h9,11H,1,6-8H2,2-5H3/b13-9+. The second-order valence-electron chi connectivity index (χ2n) is 5.32. The predicted molar refractivity (Wildman–Crippen MR) is 64.7 cm³/mol. The second-order valence-corrected chi connectivity index (χ2v) is 5.32. The average molecular weight is 206 g/mol. The first-order chi connectivity index (χ1) is 6.84. The lowest BCUT2D eigenvalue weighted by Crippen LogP contribution is -2.22. The smallest absolute Gasteiger partial charge is 0.136 e. The summed E-state index contributed by atoms with van der Waals surface area (Å²) in [7, 11) is 0. The molecule has 0 aromatic carbocycles. The van der Waals surface area contributed by atoms with E-state index in [1.54, 1.807) is 6.92 Å². The Morgan fingerprint density at radius 3 is 2.60 bits per heavy atom. The monoisotopic (exact) mass is 206 g/mol. The minimum atomic E-state index is 0.0223. The molecule has 0 aromatic rings. The molecular weight excluding hydrogens is 184 g/mol. The van der Waals surface area contributed by atoms with Gasteiger partial charge in [0.1, 0.15) is 5.78 Å². The molecule has 1 fully saturated rings. The molecule has 15 heavy (non-hydrogen) atoms. The van der Waals surface area contributed by atoms with Gasteiger partial charge in [-0.05, 0) is 37.2 Å². The molecule has 0 amide bonds. The number of ketones is 1. The van der Waals surface area contributed by atoms with Crippen molar-refractivity contribution in [3.05, 3.63) is 23.8 Å². The fourth-order valence-corrected chi connectivity index (χ4v) is 2.20. The van der Waals surface area contributed by atoms with E-state index in [0.29, 0.717) is 0 Å². The van der Waals surface area contributed by atoms with Crippen LogP contribution in [0.1, 0.15) is 47.0 Å². The molecule has 1 nitrogen and oxygen atoms in total. The highest BCUT2D eigenvalue weighted by atomic mass is 16.1. The molecule has 0 heterocycles. The fourth-order valence-electron chi connectivity index (χ4n) is 2.20. The van der Waals surface area contributed by atoms with Crippen molar-refractivity contribution in [2.75, 3.05) is 0 Å². The first-order valence-corrected chi connectivity index (χ1v) is 5.75. The number of hydrogen-bond donors (Lipinski definition) is 0. The Labute approximate surface area is 93.3 Å². The maximum atomic E-state index is 11.3. The summed E-state index contributed by atoms with van der Waals surface area (Å²) in [6.07, 6.45) is 5.61. The number of carbonyl (C=O) groups is 1. The first kappa shape index (κ1) is 12.2. The summed E-state index contributed by atoms with van der Waals surface area (Å²) in [5.41, 5.74) is 2.72. The summed E-state index contributed by atoms with van der Waals surface area (Å²) >= 11 is 0. The lowest BCUT2D eigenvalue weighted by Gasteiger charge is -2.35. The third-order valence-corrected chi connectivity index (χ3v) is 3.45. The van der Waals surface area contributed by atoms with Crippen LogP contribution >= 0.6 is 0 Å². The van der Waals surface area contributed by atoms with Crippen molar-refractivity contribution >= 4 is 5.78 Å². The quantitative estimate of drug-likeness (QED) is 0.669. The summed E-state index contributed by atoms with van der Waals surface area (Å²) in [6.45, 7) is 12.2. The number of carbonyl (C=O) groups excluding carboxylic acids is 1. The van der Waals surface area contributed by atoms with Crippen LogP contribution in [-0.4, -0.2) is 5.78 Å². The van der Waals surface area contributed by atoms with Crippen molar-refractivity contribution < 1.29 is 4.79 Å². The molecule has 0 aliphatic heterocycles. The van der Waals surface area contributed by atoms with E-state index in [1.807, 2.05) is 6.92 Å². The molecule has 1 rings (SSSR count). The molecule has 1 atom stereocenters. The Kier molecular flexibility index (Phi) is 3.54. The topological polar surface area (TPSA) is 17.1 Å². The first-order valence-electron chi connectivity index (χ1n) is 5.75. The molecule has 84 valence electrons. The van der Waals surface area contributed by atoms with E-state index >= 15 is 0 Å². The molecule has 0 saturated heterocycles. The largest absolute Gasteiger partial charge is 0.299 e. The van der Waals surface area contributed by atoms with Crippen LogP contribution < -0.4 is 0 Å². The lowest BCUT2D eigenvalue weighted by molar-refractivity contribution is -0.118. The maximum Gasteiger partial charge on any atom is 0.136 e. The van der Waals surface area contributed by atoms with Gasteiger partial charge in [0.25, 0.3) is 0 Å². The van der Waals surface area contributed by atoms with Crippen LogP contribution in [0.3, 0.4) is 0 Å². The van der Waals surface area contributed by atoms with Crippen LogP contribution in [0.4, 0.5) is 0 Å². The van der Waals surface area contributed by atoms with Gasteiger partial charge in [-0.1, -0.05) is 39.0 Å². The lowest BCUT2D eigenvalue weighted by atomic mass is 9.70. The molecule has 1 saturated carbocycles. The minimum Gasteiger partial charge on any atom is -0.299 e. The van der Waals surface area contributed by atoms with E-state index in [1.165, 1.54) is 24.0 Å². The number of hydrogen-bond acceptors (Lipinski definition) is 1. The normalized spacial score (nSPS) is 25.3. The van der Waals surface area contributed by atoms with Crippen molar-refractivity contribution in [2.24, 2.45) is 11.3 Å². The molecule has 1 heteroatoms. The predicted octanol–water partition coefficient (Wildman–Crippen LogP) is 3.90. The summed E-state index contributed by atoms with van der Waals surface area (Å²) in [4.78, 5) is 11.3. The average Bonchev–Trinajstić information content (AvgIpc) is 2.10. The summed E-state index contributed by atoms with van der Waals surface area (Å²) in [5.74, 6) is 0.255. The van der Waals surface area contributed by atoms with Crippen LogP contribution in [0.25, 0.3) is 0 Å². The highest BCUT2D eigenvalue weighted by Crippen LogP contribution is 2.42. The molecular formula is C14H22O. The van der Waals surface area contributed by atoms with Gasteiger partial charge in [-0.3, -0.25) is 4.79 Å². The minimum absolute atomic E-state index is 0.0223. The Bertz CT molecular complexity index is 307. The Morgan fingerprint density at radius 2 is 2.13 bits per heavy atom. The molecule has 0 N–H and O–H groups in total. The molecule has 0 radical (unpaired) electrons. The van der Waals surface area contributed by atoms with Gasteiger partial charge in [0.05, 0.1) is 0 Å². The molecule has 0 aromatic heterocycles. The van der Waals surface area contributed by atoms with Gasteiger partial charge < -0.3 is 0 Å². The summed E-state index contributed by atoms with van der Waals surface area (Å²) in [6, 6.07) is 0. The molecule has 0 spiro atoms. The van der Waals surface area contributed by atoms with Gasteiger partial charge in [0.15, 0.2) is 0 Å². The van der Waals surface area contributed by atoms with Crippen molar-refractivity contribution in [1.82, 2.24) is 0 Å². The van der Waals surface area contributed by atoms with E-state index in [4.69, 9.17) is 0 Å². The third kappa shape index (κ3) is 2.80. The zero-order valence-corrected chi connectivity index (χ0v) is 10.4. The van der Waals surface area contributed by atoms with Crippen molar-refractivity contribution in [2.45, 2.75) is 47.0 Å². The number of Topliss-reactive ketones (excluding diaryl/α,β-unsaturated/α-hetero) is 1. The molecule has 1 aliphatic rings. The van der Waals surface area contributed by atoms with Crippen LogP contribution in [0.15, 0.2) is 23.8 Å². The second kappa shape index (κ2) is 4.34. The van der Waals surface area contributed by atoms with E-state index < -0.39 is 0 Å². The van der Waals surface area contributed by atoms with Gasteiger partial charge >= 0.3 is 0 Å². The van der Waals surface area contributed by atoms with E-state index in [2.05, 4.69) is 26.5 Å². The van der Waals surface area contributed by atoms with Gasteiger partial charge in [0.2, 0.25) is 0 Å². The molecule has 0 bridgehead atoms. The van der Waals surface area contributed by atoms with Gasteiger partial charge in [0, 0.05) is 5.92 Å². The van der Waals surface area contributed by atoms with Crippen LogP contribution in [-0.2, 0) is 4.79 Å². The fraction of sp³-hybridized carbons (Fsp3) is 0.643. The van der Waals surface area contributed by atoms with Crippen LogP contribution in [0, 0.1) is 11.3 Å². The number of rotatable bonds is 2. The van der Waals surface area contributed by atoms with Gasteiger partial charge in [-0.15, -0.1) is 0 Å². The molecule has 1 aliphatic carbocycles. The van der Waals surface area contributed by atoms with Crippen LogP contribution in [0.2, 0.25) is 0 Å². The molecule has 1 unspecified atom stereocenters.